The van der Waals surface area contributed by atoms with Gasteiger partial charge in [-0.3, -0.25) is 4.79 Å². The van der Waals surface area contributed by atoms with Crippen molar-refractivity contribution in [3.05, 3.63) is 0 Å². The number of nitrogens with zero attached hydrogens (tertiary/aromatic N) is 1. The Hall–Kier alpha value is -0.220. The van der Waals surface area contributed by atoms with Crippen LogP contribution in [0.25, 0.3) is 0 Å². The molecule has 0 saturated carbocycles. The van der Waals surface area contributed by atoms with Gasteiger partial charge in [-0.05, 0) is 38.1 Å². The third kappa shape index (κ3) is 3.39. The zero-order valence-electron chi connectivity index (χ0n) is 10.4. The summed E-state index contributed by atoms with van der Waals surface area (Å²) in [6.07, 6.45) is 2.39. The fourth-order valence-electron chi connectivity index (χ4n) is 2.26. The molecule has 0 bridgehead atoms. The number of carboxylic acids is 1. The van der Waals surface area contributed by atoms with Gasteiger partial charge in [0, 0.05) is 12.3 Å². The SMILES string of the molecule is CCSCCN1CCC(CC)(C(=O)O)CC1. The highest BCUT2D eigenvalue weighted by atomic mass is 32.2. The Bertz CT molecular complexity index is 225. The number of hydrogen-bond donors (Lipinski definition) is 1. The molecule has 0 aliphatic carbocycles. The number of carboxylic acid groups (broad SMARTS) is 1. The van der Waals surface area contributed by atoms with Crippen LogP contribution in [0.4, 0.5) is 0 Å². The fraction of sp³-hybridized carbons (Fsp3) is 0.917. The summed E-state index contributed by atoms with van der Waals surface area (Å²) in [6, 6.07) is 0. The van der Waals surface area contributed by atoms with E-state index >= 15 is 0 Å². The topological polar surface area (TPSA) is 40.5 Å². The quantitative estimate of drug-likeness (QED) is 0.729. The van der Waals surface area contributed by atoms with Crippen molar-refractivity contribution < 1.29 is 9.90 Å². The minimum atomic E-state index is -0.599. The average molecular weight is 245 g/mol. The van der Waals surface area contributed by atoms with Crippen molar-refractivity contribution in [1.29, 1.82) is 0 Å². The maximum atomic E-state index is 11.3. The van der Waals surface area contributed by atoms with Crippen molar-refractivity contribution in [2.45, 2.75) is 33.1 Å². The first-order valence-corrected chi connectivity index (χ1v) is 7.33. The summed E-state index contributed by atoms with van der Waals surface area (Å²) in [5.41, 5.74) is -0.436. The van der Waals surface area contributed by atoms with E-state index in [1.807, 2.05) is 18.7 Å². The Labute approximate surface area is 103 Å². The van der Waals surface area contributed by atoms with Crippen LogP contribution in [0.15, 0.2) is 0 Å². The fourth-order valence-corrected chi connectivity index (χ4v) is 2.94. The van der Waals surface area contributed by atoms with Crippen LogP contribution in [0.3, 0.4) is 0 Å². The molecule has 94 valence electrons. The largest absolute Gasteiger partial charge is 0.481 e. The predicted molar refractivity (Wildman–Crippen MR) is 69.0 cm³/mol. The summed E-state index contributed by atoms with van der Waals surface area (Å²) in [5.74, 6) is 1.74. The van der Waals surface area contributed by atoms with Gasteiger partial charge in [0.15, 0.2) is 0 Å². The highest BCUT2D eigenvalue weighted by Crippen LogP contribution is 2.35. The Morgan fingerprint density at radius 1 is 1.38 bits per heavy atom. The first-order valence-electron chi connectivity index (χ1n) is 6.18. The predicted octanol–water partition coefficient (Wildman–Crippen LogP) is 2.32. The number of aliphatic carboxylic acids is 1. The molecule has 0 atom stereocenters. The molecular formula is C12H23NO2S. The van der Waals surface area contributed by atoms with Crippen LogP contribution >= 0.6 is 11.8 Å². The van der Waals surface area contributed by atoms with Crippen LogP contribution in [-0.4, -0.2) is 47.1 Å². The van der Waals surface area contributed by atoms with E-state index in [9.17, 15) is 9.90 Å². The molecule has 16 heavy (non-hydrogen) atoms. The van der Waals surface area contributed by atoms with E-state index in [1.54, 1.807) is 0 Å². The highest BCUT2D eigenvalue weighted by Gasteiger charge is 2.39. The molecule has 0 radical (unpaired) electrons. The lowest BCUT2D eigenvalue weighted by atomic mass is 9.76. The summed E-state index contributed by atoms with van der Waals surface area (Å²) in [4.78, 5) is 13.7. The number of thioether (sulfide) groups is 1. The molecular weight excluding hydrogens is 222 g/mol. The summed E-state index contributed by atoms with van der Waals surface area (Å²) >= 11 is 1.96. The molecule has 0 aromatic heterocycles. The van der Waals surface area contributed by atoms with E-state index in [2.05, 4.69) is 11.8 Å². The van der Waals surface area contributed by atoms with Gasteiger partial charge in [0.25, 0.3) is 0 Å². The van der Waals surface area contributed by atoms with Crippen LogP contribution < -0.4 is 0 Å². The second-order valence-electron chi connectivity index (χ2n) is 4.48. The van der Waals surface area contributed by atoms with Gasteiger partial charge < -0.3 is 10.0 Å². The van der Waals surface area contributed by atoms with Gasteiger partial charge in [-0.25, -0.2) is 0 Å². The summed E-state index contributed by atoms with van der Waals surface area (Å²) in [7, 11) is 0. The summed E-state index contributed by atoms with van der Waals surface area (Å²) < 4.78 is 0. The van der Waals surface area contributed by atoms with Gasteiger partial charge >= 0.3 is 5.97 Å². The van der Waals surface area contributed by atoms with Crippen molar-refractivity contribution in [3.8, 4) is 0 Å². The van der Waals surface area contributed by atoms with Crippen molar-refractivity contribution in [1.82, 2.24) is 4.90 Å². The lowest BCUT2D eigenvalue weighted by molar-refractivity contribution is -0.152. The molecule has 1 rings (SSSR count). The maximum absolute atomic E-state index is 11.3. The third-order valence-corrected chi connectivity index (χ3v) is 4.58. The summed E-state index contributed by atoms with van der Waals surface area (Å²) in [6.45, 7) is 7.18. The zero-order chi connectivity index (χ0) is 12.0. The Morgan fingerprint density at radius 2 is 2.00 bits per heavy atom. The summed E-state index contributed by atoms with van der Waals surface area (Å²) in [5, 5.41) is 9.27. The van der Waals surface area contributed by atoms with Crippen LogP contribution in [0.2, 0.25) is 0 Å². The van der Waals surface area contributed by atoms with E-state index in [0.717, 1.165) is 38.9 Å². The molecule has 1 saturated heterocycles. The third-order valence-electron chi connectivity index (χ3n) is 3.70. The number of hydrogen-bond acceptors (Lipinski definition) is 3. The standard InChI is InChI=1S/C12H23NO2S/c1-3-12(11(14)15)5-7-13(8-6-12)9-10-16-4-2/h3-10H2,1-2H3,(H,14,15). The molecule has 0 amide bonds. The van der Waals surface area contributed by atoms with Gasteiger partial charge in [0.05, 0.1) is 5.41 Å². The van der Waals surface area contributed by atoms with Gasteiger partial charge in [0.2, 0.25) is 0 Å². The Kier molecular flexibility index (Phi) is 5.62. The molecule has 4 heteroatoms. The minimum Gasteiger partial charge on any atom is -0.481 e. The number of rotatable bonds is 6. The van der Waals surface area contributed by atoms with Gasteiger partial charge in [0.1, 0.15) is 0 Å². The first-order chi connectivity index (χ1) is 7.64. The van der Waals surface area contributed by atoms with Crippen molar-refractivity contribution in [3.63, 3.8) is 0 Å². The molecule has 0 unspecified atom stereocenters. The van der Waals surface area contributed by atoms with E-state index in [1.165, 1.54) is 11.5 Å². The average Bonchev–Trinajstić information content (AvgIpc) is 2.30. The lowest BCUT2D eigenvalue weighted by Gasteiger charge is -2.38. The van der Waals surface area contributed by atoms with Crippen LogP contribution in [-0.2, 0) is 4.79 Å². The van der Waals surface area contributed by atoms with E-state index in [4.69, 9.17) is 0 Å². The molecule has 1 N–H and O–H groups in total. The molecule has 3 nitrogen and oxygen atoms in total. The minimum absolute atomic E-state index is 0.436. The van der Waals surface area contributed by atoms with E-state index in [0.29, 0.717) is 0 Å². The van der Waals surface area contributed by atoms with Crippen molar-refractivity contribution in [2.24, 2.45) is 5.41 Å². The number of piperidine rings is 1. The maximum Gasteiger partial charge on any atom is 0.309 e. The van der Waals surface area contributed by atoms with Crippen LogP contribution in [0, 0.1) is 5.41 Å². The first kappa shape index (κ1) is 13.8. The molecule has 0 spiro atoms. The number of carbonyl (C=O) groups is 1. The normalized spacial score (nSPS) is 20.9. The van der Waals surface area contributed by atoms with Crippen molar-refractivity contribution in [2.75, 3.05) is 31.1 Å². The number of likely N-dealkylation sites (tertiary alicyclic amines) is 1. The molecule has 0 aromatic carbocycles. The second kappa shape index (κ2) is 6.50. The molecule has 0 aromatic rings. The molecule has 1 heterocycles. The molecule has 1 aliphatic heterocycles. The molecule has 1 fully saturated rings. The molecule has 1 aliphatic rings. The monoisotopic (exact) mass is 245 g/mol. The second-order valence-corrected chi connectivity index (χ2v) is 5.87. The lowest BCUT2D eigenvalue weighted by Crippen LogP contribution is -2.44. The zero-order valence-corrected chi connectivity index (χ0v) is 11.2. The van der Waals surface area contributed by atoms with E-state index in [-0.39, 0.29) is 0 Å². The van der Waals surface area contributed by atoms with Gasteiger partial charge in [-0.2, -0.15) is 11.8 Å². The smallest absolute Gasteiger partial charge is 0.309 e. The Balaban J connectivity index is 2.35. The van der Waals surface area contributed by atoms with E-state index < -0.39 is 11.4 Å². The van der Waals surface area contributed by atoms with Crippen LogP contribution in [0.1, 0.15) is 33.1 Å². The van der Waals surface area contributed by atoms with Gasteiger partial charge in [-0.1, -0.05) is 13.8 Å². The highest BCUT2D eigenvalue weighted by molar-refractivity contribution is 7.99. The Morgan fingerprint density at radius 3 is 2.44 bits per heavy atom. The van der Waals surface area contributed by atoms with Crippen LogP contribution in [0.5, 0.6) is 0 Å². The van der Waals surface area contributed by atoms with Crippen molar-refractivity contribution >= 4 is 17.7 Å². The van der Waals surface area contributed by atoms with Gasteiger partial charge in [-0.15, -0.1) is 0 Å².